The van der Waals surface area contributed by atoms with E-state index in [1.807, 2.05) is 37.2 Å². The lowest BCUT2D eigenvalue weighted by Crippen LogP contribution is -2.55. The molecule has 29 heavy (non-hydrogen) atoms. The fraction of sp³-hybridized carbons (Fsp3) is 0.348. The van der Waals surface area contributed by atoms with Crippen molar-refractivity contribution in [3.05, 3.63) is 71.3 Å². The zero-order valence-electron chi connectivity index (χ0n) is 16.6. The van der Waals surface area contributed by atoms with Gasteiger partial charge in [-0.1, -0.05) is 47.5 Å². The summed E-state index contributed by atoms with van der Waals surface area (Å²) in [5, 5.41) is 0.613. The molecule has 0 spiro atoms. The van der Waals surface area contributed by atoms with Gasteiger partial charge >= 0.3 is 5.97 Å². The van der Waals surface area contributed by atoms with Crippen molar-refractivity contribution < 1.29 is 19.2 Å². The van der Waals surface area contributed by atoms with Gasteiger partial charge < -0.3 is 4.84 Å². The maximum Gasteiger partial charge on any atom is 0.353 e. The standard InChI is InChI=1S/C23H24N2O4/c1-24(2)23(14-12-17(13-15-23)16-8-4-3-5-9-16)22(28)29-25-20(26)18-10-6-7-11-19(18)21(25)27/h3-11,17H,12-15H2,1-2H3. The number of nitrogens with zero attached hydrogens (tertiary/aromatic N) is 2. The molecule has 1 aliphatic carbocycles. The van der Waals surface area contributed by atoms with Gasteiger partial charge in [-0.25, -0.2) is 4.79 Å². The average molecular weight is 392 g/mol. The zero-order valence-corrected chi connectivity index (χ0v) is 16.6. The fourth-order valence-corrected chi connectivity index (χ4v) is 4.41. The molecule has 2 aliphatic rings. The molecule has 1 aliphatic heterocycles. The van der Waals surface area contributed by atoms with Gasteiger partial charge in [0.2, 0.25) is 0 Å². The third-order valence-corrected chi connectivity index (χ3v) is 6.25. The van der Waals surface area contributed by atoms with Gasteiger partial charge in [-0.05, 0) is 63.4 Å². The van der Waals surface area contributed by atoms with Crippen molar-refractivity contribution in [2.45, 2.75) is 37.1 Å². The molecule has 6 heteroatoms. The molecule has 0 radical (unpaired) electrons. The molecule has 150 valence electrons. The van der Waals surface area contributed by atoms with Gasteiger partial charge in [-0.2, -0.15) is 0 Å². The highest BCUT2D eigenvalue weighted by Gasteiger charge is 2.48. The lowest BCUT2D eigenvalue weighted by molar-refractivity contribution is -0.184. The van der Waals surface area contributed by atoms with Gasteiger partial charge in [0.15, 0.2) is 0 Å². The minimum absolute atomic E-state index is 0.261. The van der Waals surface area contributed by atoms with Crippen LogP contribution in [0.1, 0.15) is 57.9 Å². The number of rotatable bonds is 4. The Kier molecular flexibility index (Phi) is 4.96. The van der Waals surface area contributed by atoms with E-state index in [9.17, 15) is 14.4 Å². The molecule has 1 heterocycles. The third-order valence-electron chi connectivity index (χ3n) is 6.25. The first-order valence-electron chi connectivity index (χ1n) is 9.86. The predicted octanol–water partition coefficient (Wildman–Crippen LogP) is 3.40. The minimum Gasteiger partial charge on any atom is -0.328 e. The molecule has 4 rings (SSSR count). The first kappa shape index (κ1) is 19.3. The summed E-state index contributed by atoms with van der Waals surface area (Å²) in [7, 11) is 3.68. The molecule has 2 amide bonds. The number of fused-ring (bicyclic) bond motifs is 1. The van der Waals surface area contributed by atoms with Crippen LogP contribution >= 0.6 is 0 Å². The molecule has 0 bridgehead atoms. The third kappa shape index (κ3) is 3.23. The van der Waals surface area contributed by atoms with Crippen molar-refractivity contribution >= 4 is 17.8 Å². The molecule has 2 aromatic rings. The Morgan fingerprint density at radius 3 is 1.97 bits per heavy atom. The van der Waals surface area contributed by atoms with E-state index in [1.165, 1.54) is 5.56 Å². The predicted molar refractivity (Wildman–Crippen MR) is 107 cm³/mol. The van der Waals surface area contributed by atoms with Crippen molar-refractivity contribution in [1.82, 2.24) is 9.96 Å². The van der Waals surface area contributed by atoms with Crippen molar-refractivity contribution in [2.75, 3.05) is 14.1 Å². The summed E-state index contributed by atoms with van der Waals surface area (Å²) in [6.45, 7) is 0. The van der Waals surface area contributed by atoms with Gasteiger partial charge in [0.05, 0.1) is 11.1 Å². The number of benzene rings is 2. The van der Waals surface area contributed by atoms with Crippen LogP contribution in [0.25, 0.3) is 0 Å². The second-order valence-corrected chi connectivity index (χ2v) is 7.94. The summed E-state index contributed by atoms with van der Waals surface area (Å²) in [4.78, 5) is 45.6. The lowest BCUT2D eigenvalue weighted by Gasteiger charge is -2.42. The van der Waals surface area contributed by atoms with E-state index in [0.717, 1.165) is 12.8 Å². The Bertz CT molecular complexity index is 911. The highest BCUT2D eigenvalue weighted by atomic mass is 16.7. The van der Waals surface area contributed by atoms with Gasteiger partial charge in [0.1, 0.15) is 5.54 Å². The SMILES string of the molecule is CN(C)C1(C(=O)ON2C(=O)c3ccccc3C2=O)CCC(c2ccccc2)CC1. The number of amides is 2. The van der Waals surface area contributed by atoms with E-state index < -0.39 is 23.3 Å². The van der Waals surface area contributed by atoms with Crippen LogP contribution in [0.2, 0.25) is 0 Å². The largest absolute Gasteiger partial charge is 0.353 e. The molecule has 0 atom stereocenters. The maximum absolute atomic E-state index is 13.2. The molecule has 2 aromatic carbocycles. The van der Waals surface area contributed by atoms with Gasteiger partial charge in [-0.3, -0.25) is 14.5 Å². The summed E-state index contributed by atoms with van der Waals surface area (Å²) in [6, 6.07) is 16.8. The first-order chi connectivity index (χ1) is 13.9. The van der Waals surface area contributed by atoms with Crippen molar-refractivity contribution in [3.63, 3.8) is 0 Å². The van der Waals surface area contributed by atoms with Crippen LogP contribution in [-0.4, -0.2) is 47.4 Å². The summed E-state index contributed by atoms with van der Waals surface area (Å²) < 4.78 is 0. The van der Waals surface area contributed by atoms with E-state index in [-0.39, 0.29) is 11.1 Å². The van der Waals surface area contributed by atoms with E-state index in [2.05, 4.69) is 12.1 Å². The fourth-order valence-electron chi connectivity index (χ4n) is 4.41. The Hall–Kier alpha value is -2.99. The van der Waals surface area contributed by atoms with Crippen LogP contribution in [0.3, 0.4) is 0 Å². The van der Waals surface area contributed by atoms with Crippen molar-refractivity contribution in [2.24, 2.45) is 0 Å². The van der Waals surface area contributed by atoms with Gasteiger partial charge in [0, 0.05) is 0 Å². The molecule has 6 nitrogen and oxygen atoms in total. The van der Waals surface area contributed by atoms with Crippen molar-refractivity contribution in [1.29, 1.82) is 0 Å². The number of carbonyl (C=O) groups excluding carboxylic acids is 3. The first-order valence-corrected chi connectivity index (χ1v) is 9.86. The summed E-state index contributed by atoms with van der Waals surface area (Å²) in [5.41, 5.74) is 0.934. The van der Waals surface area contributed by atoms with Gasteiger partial charge in [0.25, 0.3) is 11.8 Å². The lowest BCUT2D eigenvalue weighted by atomic mass is 9.73. The Balaban J connectivity index is 1.51. The number of hydrogen-bond acceptors (Lipinski definition) is 5. The number of imide groups is 1. The topological polar surface area (TPSA) is 66.9 Å². The summed E-state index contributed by atoms with van der Waals surface area (Å²) in [5.74, 6) is -1.35. The molecule has 0 aromatic heterocycles. The summed E-state index contributed by atoms with van der Waals surface area (Å²) in [6.07, 6.45) is 2.86. The Morgan fingerprint density at radius 1 is 0.931 bits per heavy atom. The average Bonchev–Trinajstić information content (AvgIpc) is 2.99. The number of likely N-dealkylation sites (N-methyl/N-ethyl adjacent to an activating group) is 1. The van der Waals surface area contributed by atoms with E-state index in [1.54, 1.807) is 24.3 Å². The number of hydrogen-bond donors (Lipinski definition) is 0. The van der Waals surface area contributed by atoms with E-state index >= 15 is 0 Å². The molecule has 0 saturated heterocycles. The molecule has 0 N–H and O–H groups in total. The zero-order chi connectivity index (χ0) is 20.6. The van der Waals surface area contributed by atoms with Crippen LogP contribution in [0.4, 0.5) is 0 Å². The highest BCUT2D eigenvalue weighted by Crippen LogP contribution is 2.41. The molecule has 0 unspecified atom stereocenters. The number of carbonyl (C=O) groups is 3. The van der Waals surface area contributed by atoms with Crippen LogP contribution < -0.4 is 0 Å². The Labute approximate surface area is 170 Å². The highest BCUT2D eigenvalue weighted by molar-refractivity contribution is 6.21. The van der Waals surface area contributed by atoms with Crippen LogP contribution in [0, 0.1) is 0 Å². The summed E-state index contributed by atoms with van der Waals surface area (Å²) >= 11 is 0. The second-order valence-electron chi connectivity index (χ2n) is 7.94. The van der Waals surface area contributed by atoms with Crippen LogP contribution in [0.5, 0.6) is 0 Å². The van der Waals surface area contributed by atoms with Gasteiger partial charge in [-0.15, -0.1) is 0 Å². The van der Waals surface area contributed by atoms with Crippen LogP contribution in [0.15, 0.2) is 54.6 Å². The molecular formula is C23H24N2O4. The quantitative estimate of drug-likeness (QED) is 0.746. The monoisotopic (exact) mass is 392 g/mol. The molecule has 1 saturated carbocycles. The van der Waals surface area contributed by atoms with Crippen molar-refractivity contribution in [3.8, 4) is 0 Å². The Morgan fingerprint density at radius 2 is 1.45 bits per heavy atom. The maximum atomic E-state index is 13.2. The smallest absolute Gasteiger partial charge is 0.328 e. The van der Waals surface area contributed by atoms with E-state index in [0.29, 0.717) is 23.8 Å². The second kappa shape index (κ2) is 7.44. The molecule has 1 fully saturated rings. The normalized spacial score (nSPS) is 24.0. The van der Waals surface area contributed by atoms with E-state index in [4.69, 9.17) is 4.84 Å². The van der Waals surface area contributed by atoms with Crippen LogP contribution in [-0.2, 0) is 9.63 Å². The molecular weight excluding hydrogens is 368 g/mol. The number of hydroxylamine groups is 2. The minimum atomic E-state index is -0.861.